The van der Waals surface area contributed by atoms with Gasteiger partial charge in [0.15, 0.2) is 5.54 Å². The lowest BCUT2D eigenvalue weighted by atomic mass is 9.77. The zero-order chi connectivity index (χ0) is 18.8. The van der Waals surface area contributed by atoms with E-state index in [1.807, 2.05) is 0 Å². The van der Waals surface area contributed by atoms with Crippen molar-refractivity contribution in [2.75, 3.05) is 6.54 Å². The second-order valence-electron chi connectivity index (χ2n) is 6.42. The van der Waals surface area contributed by atoms with Gasteiger partial charge in [0.05, 0.1) is 5.56 Å². The van der Waals surface area contributed by atoms with E-state index in [-0.39, 0.29) is 24.6 Å². The van der Waals surface area contributed by atoms with Crippen LogP contribution in [0.25, 0.3) is 0 Å². The van der Waals surface area contributed by atoms with E-state index < -0.39 is 29.3 Å². The van der Waals surface area contributed by atoms with E-state index in [1.165, 1.54) is 18.2 Å². The van der Waals surface area contributed by atoms with Crippen LogP contribution in [0, 0.1) is 0 Å². The van der Waals surface area contributed by atoms with E-state index in [0.29, 0.717) is 12.8 Å². The summed E-state index contributed by atoms with van der Waals surface area (Å²) in [7, 11) is 0. The standard InChI is InChI=1S/C17H21F3N2O3/c1-11(2)21-14(23)16(9-5-6-10-22(16)15(24)25)12-7-3-4-8-13(12)17(18,19)20/h3-4,7-8,11H,5-6,9-10H2,1-2H3,(H,21,23)(H,24,25). The Morgan fingerprint density at radius 3 is 2.44 bits per heavy atom. The number of alkyl halides is 3. The van der Waals surface area contributed by atoms with Gasteiger partial charge in [0, 0.05) is 12.6 Å². The maximum atomic E-state index is 13.5. The summed E-state index contributed by atoms with van der Waals surface area (Å²) in [4.78, 5) is 25.5. The number of amides is 2. The third kappa shape index (κ3) is 3.57. The zero-order valence-corrected chi connectivity index (χ0v) is 14.1. The van der Waals surface area contributed by atoms with Crippen molar-refractivity contribution in [3.05, 3.63) is 35.4 Å². The molecular formula is C17H21F3N2O3. The molecule has 0 radical (unpaired) electrons. The molecule has 1 heterocycles. The first-order valence-corrected chi connectivity index (χ1v) is 8.09. The summed E-state index contributed by atoms with van der Waals surface area (Å²) in [5.41, 5.74) is -3.19. The number of nitrogens with one attached hydrogen (secondary N) is 1. The topological polar surface area (TPSA) is 69.6 Å². The van der Waals surface area contributed by atoms with Gasteiger partial charge in [0.2, 0.25) is 0 Å². The number of rotatable bonds is 3. The number of carboxylic acid groups (broad SMARTS) is 1. The van der Waals surface area contributed by atoms with E-state index >= 15 is 0 Å². The average Bonchev–Trinajstić information content (AvgIpc) is 2.53. The molecule has 1 aliphatic heterocycles. The Morgan fingerprint density at radius 2 is 1.88 bits per heavy atom. The molecule has 0 saturated carbocycles. The highest BCUT2D eigenvalue weighted by Crippen LogP contribution is 2.44. The first-order chi connectivity index (χ1) is 11.6. The van der Waals surface area contributed by atoms with Gasteiger partial charge in [-0.15, -0.1) is 0 Å². The second kappa shape index (κ2) is 6.93. The van der Waals surface area contributed by atoms with Crippen LogP contribution in [0.4, 0.5) is 18.0 Å². The molecule has 5 nitrogen and oxygen atoms in total. The van der Waals surface area contributed by atoms with Gasteiger partial charge in [-0.25, -0.2) is 4.79 Å². The lowest BCUT2D eigenvalue weighted by Gasteiger charge is -2.45. The smallest absolute Gasteiger partial charge is 0.416 e. The highest BCUT2D eigenvalue weighted by atomic mass is 19.4. The average molecular weight is 358 g/mol. The van der Waals surface area contributed by atoms with Crippen molar-refractivity contribution in [1.29, 1.82) is 0 Å². The van der Waals surface area contributed by atoms with Crippen LogP contribution >= 0.6 is 0 Å². The van der Waals surface area contributed by atoms with Crippen molar-refractivity contribution in [2.24, 2.45) is 0 Å². The van der Waals surface area contributed by atoms with E-state index in [1.54, 1.807) is 13.8 Å². The number of carbonyl (C=O) groups is 2. The van der Waals surface area contributed by atoms with Crippen molar-refractivity contribution in [3.63, 3.8) is 0 Å². The highest BCUT2D eigenvalue weighted by Gasteiger charge is 2.53. The first-order valence-electron chi connectivity index (χ1n) is 8.09. The van der Waals surface area contributed by atoms with Gasteiger partial charge in [0.25, 0.3) is 5.91 Å². The Labute approximate surface area is 143 Å². The van der Waals surface area contributed by atoms with Gasteiger partial charge in [0.1, 0.15) is 0 Å². The minimum absolute atomic E-state index is 0.00491. The summed E-state index contributed by atoms with van der Waals surface area (Å²) in [5.74, 6) is -0.721. The van der Waals surface area contributed by atoms with E-state index in [0.717, 1.165) is 11.0 Å². The van der Waals surface area contributed by atoms with Crippen LogP contribution in [-0.4, -0.2) is 34.6 Å². The van der Waals surface area contributed by atoms with Crippen molar-refractivity contribution in [3.8, 4) is 0 Å². The number of carbonyl (C=O) groups excluding carboxylic acids is 1. The number of halogens is 3. The van der Waals surface area contributed by atoms with Crippen molar-refractivity contribution in [1.82, 2.24) is 10.2 Å². The van der Waals surface area contributed by atoms with Gasteiger partial charge < -0.3 is 10.4 Å². The number of nitrogens with zero attached hydrogens (tertiary/aromatic N) is 1. The van der Waals surface area contributed by atoms with Gasteiger partial charge in [-0.1, -0.05) is 18.2 Å². The van der Waals surface area contributed by atoms with Crippen LogP contribution in [0.2, 0.25) is 0 Å². The molecule has 8 heteroatoms. The molecule has 2 rings (SSSR count). The fourth-order valence-electron chi connectivity index (χ4n) is 3.35. The van der Waals surface area contributed by atoms with Crippen molar-refractivity contribution < 1.29 is 27.9 Å². The number of benzene rings is 1. The van der Waals surface area contributed by atoms with Crippen molar-refractivity contribution >= 4 is 12.0 Å². The fourth-order valence-corrected chi connectivity index (χ4v) is 3.35. The molecule has 1 fully saturated rings. The molecule has 1 unspecified atom stereocenters. The molecule has 25 heavy (non-hydrogen) atoms. The number of hydrogen-bond donors (Lipinski definition) is 2. The number of likely N-dealkylation sites (tertiary alicyclic amines) is 1. The predicted molar refractivity (Wildman–Crippen MR) is 85.0 cm³/mol. The van der Waals surface area contributed by atoms with Crippen LogP contribution in [0.5, 0.6) is 0 Å². The molecule has 0 spiro atoms. The molecule has 2 amide bonds. The van der Waals surface area contributed by atoms with Gasteiger partial charge in [-0.2, -0.15) is 13.2 Å². The molecule has 2 N–H and O–H groups in total. The normalized spacial score (nSPS) is 21.3. The van der Waals surface area contributed by atoms with Gasteiger partial charge >= 0.3 is 12.3 Å². The minimum Gasteiger partial charge on any atom is -0.465 e. The monoisotopic (exact) mass is 358 g/mol. The first kappa shape index (κ1) is 19.1. The summed E-state index contributed by atoms with van der Waals surface area (Å²) in [6.45, 7) is 3.36. The Balaban J connectivity index is 2.72. The Kier molecular flexibility index (Phi) is 5.29. The molecular weight excluding hydrogens is 337 g/mol. The molecule has 1 aliphatic rings. The zero-order valence-electron chi connectivity index (χ0n) is 14.1. The molecule has 1 aromatic carbocycles. The third-order valence-electron chi connectivity index (χ3n) is 4.34. The van der Waals surface area contributed by atoms with Crippen LogP contribution in [-0.2, 0) is 16.5 Å². The molecule has 0 bridgehead atoms. The Morgan fingerprint density at radius 1 is 1.24 bits per heavy atom. The highest BCUT2D eigenvalue weighted by molar-refractivity contribution is 5.91. The molecule has 0 aliphatic carbocycles. The summed E-state index contributed by atoms with van der Waals surface area (Å²) >= 11 is 0. The van der Waals surface area contributed by atoms with E-state index in [2.05, 4.69) is 5.32 Å². The van der Waals surface area contributed by atoms with Crippen LogP contribution in [0.3, 0.4) is 0 Å². The van der Waals surface area contributed by atoms with E-state index in [4.69, 9.17) is 0 Å². The second-order valence-corrected chi connectivity index (χ2v) is 6.42. The molecule has 1 atom stereocenters. The molecule has 0 aromatic heterocycles. The quantitative estimate of drug-likeness (QED) is 0.868. The molecule has 1 saturated heterocycles. The maximum absolute atomic E-state index is 13.5. The Bertz CT molecular complexity index is 661. The SMILES string of the molecule is CC(C)NC(=O)C1(c2ccccc2C(F)(F)F)CCCCN1C(=O)O. The van der Waals surface area contributed by atoms with Crippen molar-refractivity contribution in [2.45, 2.75) is 50.9 Å². The summed E-state index contributed by atoms with van der Waals surface area (Å²) in [5, 5.41) is 12.2. The molecule has 138 valence electrons. The molecule has 1 aromatic rings. The lowest BCUT2D eigenvalue weighted by Crippen LogP contribution is -2.61. The van der Waals surface area contributed by atoms with Gasteiger partial charge in [-0.05, 0) is 44.7 Å². The third-order valence-corrected chi connectivity index (χ3v) is 4.34. The summed E-state index contributed by atoms with van der Waals surface area (Å²) in [6, 6.07) is 4.37. The fraction of sp³-hybridized carbons (Fsp3) is 0.529. The summed E-state index contributed by atoms with van der Waals surface area (Å²) in [6.07, 6.45) is -5.14. The lowest BCUT2D eigenvalue weighted by molar-refractivity contribution is -0.143. The van der Waals surface area contributed by atoms with Gasteiger partial charge in [-0.3, -0.25) is 9.69 Å². The predicted octanol–water partition coefficient (Wildman–Crippen LogP) is 3.59. The van der Waals surface area contributed by atoms with E-state index in [9.17, 15) is 27.9 Å². The van der Waals surface area contributed by atoms with Crippen LogP contribution < -0.4 is 5.32 Å². The van der Waals surface area contributed by atoms with Crippen LogP contribution in [0.15, 0.2) is 24.3 Å². The summed E-state index contributed by atoms with van der Waals surface area (Å²) < 4.78 is 40.6. The number of hydrogen-bond acceptors (Lipinski definition) is 2. The maximum Gasteiger partial charge on any atom is 0.416 e. The minimum atomic E-state index is -4.69. The Hall–Kier alpha value is -2.25. The van der Waals surface area contributed by atoms with Crippen LogP contribution in [0.1, 0.15) is 44.2 Å². The number of piperidine rings is 1. The largest absolute Gasteiger partial charge is 0.465 e.